The summed E-state index contributed by atoms with van der Waals surface area (Å²) in [7, 11) is 0. The van der Waals surface area contributed by atoms with Crippen molar-refractivity contribution in [2.45, 2.75) is 24.9 Å². The minimum Gasteiger partial charge on any atom is -0.444 e. The summed E-state index contributed by atoms with van der Waals surface area (Å²) in [5.74, 6) is 0.440. The summed E-state index contributed by atoms with van der Waals surface area (Å²) in [4.78, 5) is 16.0. The Kier molecular flexibility index (Phi) is 4.11. The molecule has 1 heterocycles. The molecule has 1 aliphatic rings. The third kappa shape index (κ3) is 3.00. The fourth-order valence-electron chi connectivity index (χ4n) is 1.81. The highest BCUT2D eigenvalue weighted by molar-refractivity contribution is 5.88. The summed E-state index contributed by atoms with van der Waals surface area (Å²) < 4.78 is 5.39. The molecule has 2 aromatic rings. The topological polar surface area (TPSA) is 81.2 Å². The van der Waals surface area contributed by atoms with Crippen molar-refractivity contribution in [3.63, 3.8) is 0 Å². The van der Waals surface area contributed by atoms with Crippen molar-refractivity contribution in [1.29, 1.82) is 0 Å². The van der Waals surface area contributed by atoms with Crippen LogP contribution in [0.1, 0.15) is 18.5 Å². The Bertz CT molecular complexity index is 593. The van der Waals surface area contributed by atoms with Gasteiger partial charge in [-0.25, -0.2) is 4.98 Å². The number of carbonyl (C=O) groups excluding carboxylic acids is 1. The Balaban J connectivity index is 0.00000147. The number of nitrogens with two attached hydrogens (primary N) is 1. The summed E-state index contributed by atoms with van der Waals surface area (Å²) in [6.07, 6.45) is 3.07. The molecule has 106 valence electrons. The molecule has 3 rings (SSSR count). The minimum absolute atomic E-state index is 0. The number of hydrogen-bond acceptors (Lipinski definition) is 4. The lowest BCUT2D eigenvalue weighted by atomic mass is 10.2. The van der Waals surface area contributed by atoms with Gasteiger partial charge in [0.25, 0.3) is 0 Å². The van der Waals surface area contributed by atoms with Crippen molar-refractivity contribution in [1.82, 2.24) is 10.3 Å². The molecule has 1 fully saturated rings. The van der Waals surface area contributed by atoms with Crippen LogP contribution in [0.4, 0.5) is 0 Å². The van der Waals surface area contributed by atoms with Crippen LogP contribution in [-0.2, 0) is 11.3 Å². The molecule has 0 unspecified atom stereocenters. The predicted octanol–water partition coefficient (Wildman–Crippen LogP) is 1.87. The van der Waals surface area contributed by atoms with Crippen molar-refractivity contribution >= 4 is 18.3 Å². The van der Waals surface area contributed by atoms with Crippen LogP contribution in [-0.4, -0.2) is 16.4 Å². The van der Waals surface area contributed by atoms with E-state index >= 15 is 0 Å². The van der Waals surface area contributed by atoms with Crippen LogP contribution in [0.3, 0.4) is 0 Å². The molecular weight excluding hydrogens is 278 g/mol. The monoisotopic (exact) mass is 293 g/mol. The lowest BCUT2D eigenvalue weighted by molar-refractivity contribution is -0.123. The summed E-state index contributed by atoms with van der Waals surface area (Å²) >= 11 is 0. The summed E-state index contributed by atoms with van der Waals surface area (Å²) in [5, 5.41) is 2.78. The first kappa shape index (κ1) is 14.6. The number of aromatic nitrogens is 1. The lowest BCUT2D eigenvalue weighted by Gasteiger charge is -2.07. The van der Waals surface area contributed by atoms with Gasteiger partial charge in [0.1, 0.15) is 6.26 Å². The maximum absolute atomic E-state index is 11.7. The van der Waals surface area contributed by atoms with Gasteiger partial charge in [0.2, 0.25) is 11.8 Å². The first-order chi connectivity index (χ1) is 9.17. The Labute approximate surface area is 123 Å². The first-order valence-corrected chi connectivity index (χ1v) is 6.24. The molecule has 0 atom stereocenters. The molecule has 6 heteroatoms. The van der Waals surface area contributed by atoms with Crippen molar-refractivity contribution in [3.05, 3.63) is 42.3 Å². The van der Waals surface area contributed by atoms with Gasteiger partial charge in [0.15, 0.2) is 0 Å². The molecule has 1 aromatic heterocycles. The van der Waals surface area contributed by atoms with Gasteiger partial charge < -0.3 is 15.5 Å². The highest BCUT2D eigenvalue weighted by atomic mass is 35.5. The average molecular weight is 294 g/mol. The molecule has 0 bridgehead atoms. The maximum atomic E-state index is 11.7. The summed E-state index contributed by atoms with van der Waals surface area (Å²) in [6.45, 7) is 0.341. The number of nitrogens with zero attached hydrogens (tertiary/aromatic N) is 1. The van der Waals surface area contributed by atoms with Crippen LogP contribution in [0, 0.1) is 0 Å². The number of halogens is 1. The van der Waals surface area contributed by atoms with E-state index in [-0.39, 0.29) is 18.3 Å². The average Bonchev–Trinajstić information content (AvgIpc) is 3.03. The van der Waals surface area contributed by atoms with Gasteiger partial charge in [-0.15, -0.1) is 12.4 Å². The third-order valence-electron chi connectivity index (χ3n) is 3.24. The lowest BCUT2D eigenvalue weighted by Crippen LogP contribution is -2.42. The highest BCUT2D eigenvalue weighted by Gasteiger charge is 2.45. The standard InChI is InChI=1S/C14H15N3O2.ClH/c15-14(6-7-14)13(18)16-8-11-9-19-12(17-11)10-4-2-1-3-5-10;/h1-5,9H,6-8,15H2,(H,16,18);1H. The fraction of sp³-hybridized carbons (Fsp3) is 0.286. The van der Waals surface area contributed by atoms with E-state index < -0.39 is 5.54 Å². The molecule has 0 saturated heterocycles. The fourth-order valence-corrected chi connectivity index (χ4v) is 1.81. The number of hydrogen-bond donors (Lipinski definition) is 2. The normalized spacial score (nSPS) is 15.2. The van der Waals surface area contributed by atoms with E-state index in [0.29, 0.717) is 18.1 Å². The van der Waals surface area contributed by atoms with Crippen LogP contribution < -0.4 is 11.1 Å². The van der Waals surface area contributed by atoms with E-state index in [2.05, 4.69) is 10.3 Å². The molecule has 5 nitrogen and oxygen atoms in total. The van der Waals surface area contributed by atoms with Crippen molar-refractivity contribution in [3.8, 4) is 11.5 Å². The van der Waals surface area contributed by atoms with E-state index in [4.69, 9.17) is 10.2 Å². The Hall–Kier alpha value is -1.85. The molecule has 0 radical (unpaired) electrons. The molecular formula is C14H16ClN3O2. The largest absolute Gasteiger partial charge is 0.444 e. The Morgan fingerprint density at radius 2 is 2.05 bits per heavy atom. The number of benzene rings is 1. The van der Waals surface area contributed by atoms with Crippen molar-refractivity contribution < 1.29 is 9.21 Å². The van der Waals surface area contributed by atoms with Crippen molar-refractivity contribution in [2.24, 2.45) is 5.73 Å². The van der Waals surface area contributed by atoms with Crippen LogP contribution in [0.2, 0.25) is 0 Å². The van der Waals surface area contributed by atoms with E-state index in [0.717, 1.165) is 18.4 Å². The number of nitrogens with one attached hydrogen (secondary N) is 1. The molecule has 1 aromatic carbocycles. The van der Waals surface area contributed by atoms with E-state index in [1.165, 1.54) is 0 Å². The zero-order chi connectivity index (χ0) is 13.3. The Morgan fingerprint density at radius 1 is 1.35 bits per heavy atom. The number of rotatable bonds is 4. The van der Waals surface area contributed by atoms with Crippen LogP contribution in [0.5, 0.6) is 0 Å². The SMILES string of the molecule is Cl.NC1(C(=O)NCc2coc(-c3ccccc3)n2)CC1. The van der Waals surface area contributed by atoms with Crippen LogP contribution in [0.25, 0.3) is 11.5 Å². The summed E-state index contributed by atoms with van der Waals surface area (Å²) in [6, 6.07) is 9.63. The van der Waals surface area contributed by atoms with Gasteiger partial charge >= 0.3 is 0 Å². The second kappa shape index (κ2) is 5.64. The Morgan fingerprint density at radius 3 is 2.70 bits per heavy atom. The smallest absolute Gasteiger partial charge is 0.240 e. The van der Waals surface area contributed by atoms with Gasteiger partial charge in [-0.1, -0.05) is 18.2 Å². The second-order valence-electron chi connectivity index (χ2n) is 4.85. The minimum atomic E-state index is -0.647. The zero-order valence-electron chi connectivity index (χ0n) is 10.8. The van der Waals surface area contributed by atoms with E-state index in [1.807, 2.05) is 30.3 Å². The van der Waals surface area contributed by atoms with Gasteiger partial charge in [-0.05, 0) is 25.0 Å². The molecule has 0 spiro atoms. The summed E-state index contributed by atoms with van der Waals surface area (Å²) in [5.41, 5.74) is 6.75. The molecule has 1 saturated carbocycles. The molecule has 1 aliphatic carbocycles. The number of amides is 1. The molecule has 20 heavy (non-hydrogen) atoms. The van der Waals surface area contributed by atoms with Gasteiger partial charge in [0, 0.05) is 5.56 Å². The van der Waals surface area contributed by atoms with E-state index in [1.54, 1.807) is 6.26 Å². The van der Waals surface area contributed by atoms with Gasteiger partial charge in [0.05, 0.1) is 17.8 Å². The maximum Gasteiger partial charge on any atom is 0.240 e. The number of oxazole rings is 1. The second-order valence-corrected chi connectivity index (χ2v) is 4.85. The van der Waals surface area contributed by atoms with Crippen LogP contribution >= 0.6 is 12.4 Å². The number of carbonyl (C=O) groups is 1. The van der Waals surface area contributed by atoms with Gasteiger partial charge in [-0.3, -0.25) is 4.79 Å². The van der Waals surface area contributed by atoms with Crippen LogP contribution in [0.15, 0.2) is 41.0 Å². The predicted molar refractivity (Wildman–Crippen MR) is 77.2 cm³/mol. The first-order valence-electron chi connectivity index (χ1n) is 6.24. The molecule has 1 amide bonds. The molecule has 3 N–H and O–H groups in total. The van der Waals surface area contributed by atoms with Gasteiger partial charge in [-0.2, -0.15) is 0 Å². The van der Waals surface area contributed by atoms with E-state index in [9.17, 15) is 4.79 Å². The highest BCUT2D eigenvalue weighted by Crippen LogP contribution is 2.32. The van der Waals surface area contributed by atoms with Crippen molar-refractivity contribution in [2.75, 3.05) is 0 Å². The zero-order valence-corrected chi connectivity index (χ0v) is 11.7. The third-order valence-corrected chi connectivity index (χ3v) is 3.24. The molecule has 0 aliphatic heterocycles. The quantitative estimate of drug-likeness (QED) is 0.902.